The Labute approximate surface area is 135 Å². The van der Waals surface area contributed by atoms with Crippen molar-refractivity contribution in [2.45, 2.75) is 33.1 Å². The molecule has 0 unspecified atom stereocenters. The summed E-state index contributed by atoms with van der Waals surface area (Å²) in [4.78, 5) is 4.84. The van der Waals surface area contributed by atoms with Crippen molar-refractivity contribution in [1.29, 1.82) is 0 Å². The van der Waals surface area contributed by atoms with E-state index in [-0.39, 0.29) is 11.2 Å². The molecular formula is C18H21FN4. The fourth-order valence-corrected chi connectivity index (χ4v) is 2.64. The molecule has 0 saturated carbocycles. The van der Waals surface area contributed by atoms with Crippen molar-refractivity contribution < 1.29 is 4.39 Å². The van der Waals surface area contributed by atoms with Gasteiger partial charge in [-0.2, -0.15) is 9.61 Å². The lowest BCUT2D eigenvalue weighted by molar-refractivity contribution is 0.569. The number of hydrogen-bond donors (Lipinski definition) is 1. The first-order chi connectivity index (χ1) is 10.8. The topological polar surface area (TPSA) is 42.2 Å². The Morgan fingerprint density at radius 3 is 2.35 bits per heavy atom. The molecule has 3 rings (SSSR count). The molecule has 1 N–H and O–H groups in total. The Hall–Kier alpha value is -2.43. The minimum atomic E-state index is -0.248. The van der Waals surface area contributed by atoms with Crippen molar-refractivity contribution in [3.8, 4) is 11.1 Å². The highest BCUT2D eigenvalue weighted by Gasteiger charge is 2.21. The van der Waals surface area contributed by atoms with Gasteiger partial charge in [-0.05, 0) is 24.6 Å². The molecule has 5 heteroatoms. The van der Waals surface area contributed by atoms with Crippen molar-refractivity contribution >= 4 is 11.5 Å². The van der Waals surface area contributed by atoms with E-state index in [0.717, 1.165) is 34.0 Å². The second-order valence-corrected chi connectivity index (χ2v) is 6.73. The first kappa shape index (κ1) is 15.5. The SMILES string of the molecule is CNc1cc(C(C)(C)C)nc2c(-c3ccc(F)cc3)c(C)nn12. The lowest BCUT2D eigenvalue weighted by Gasteiger charge is -2.19. The Bertz CT molecular complexity index is 857. The van der Waals surface area contributed by atoms with E-state index in [9.17, 15) is 4.39 Å². The quantitative estimate of drug-likeness (QED) is 0.772. The van der Waals surface area contributed by atoms with E-state index in [1.165, 1.54) is 12.1 Å². The molecule has 0 amide bonds. The number of nitrogens with one attached hydrogen (secondary N) is 1. The smallest absolute Gasteiger partial charge is 0.165 e. The Balaban J connectivity index is 2.34. The highest BCUT2D eigenvalue weighted by Crippen LogP contribution is 2.31. The van der Waals surface area contributed by atoms with Gasteiger partial charge >= 0.3 is 0 Å². The molecule has 0 spiro atoms. The Morgan fingerprint density at radius 2 is 1.78 bits per heavy atom. The minimum absolute atomic E-state index is 0.0778. The minimum Gasteiger partial charge on any atom is -0.373 e. The van der Waals surface area contributed by atoms with Gasteiger partial charge in [0, 0.05) is 24.1 Å². The van der Waals surface area contributed by atoms with Crippen LogP contribution in [0.4, 0.5) is 10.2 Å². The molecule has 120 valence electrons. The van der Waals surface area contributed by atoms with Crippen LogP contribution in [0.15, 0.2) is 30.3 Å². The lowest BCUT2D eigenvalue weighted by Crippen LogP contribution is -2.15. The zero-order valence-corrected chi connectivity index (χ0v) is 14.1. The number of aromatic nitrogens is 3. The van der Waals surface area contributed by atoms with Gasteiger partial charge in [0.15, 0.2) is 5.65 Å². The van der Waals surface area contributed by atoms with Crippen molar-refractivity contribution in [2.75, 3.05) is 12.4 Å². The molecule has 2 heterocycles. The average molecular weight is 312 g/mol. The maximum Gasteiger partial charge on any atom is 0.165 e. The third-order valence-electron chi connectivity index (χ3n) is 3.92. The number of rotatable bonds is 2. The standard InChI is InChI=1S/C18H21FN4/c1-11-16(12-6-8-13(19)9-7-12)17-21-14(18(2,3)4)10-15(20-5)23(17)22-11/h6-10,20H,1-5H3. The van der Waals surface area contributed by atoms with Crippen molar-refractivity contribution in [3.63, 3.8) is 0 Å². The first-order valence-corrected chi connectivity index (χ1v) is 7.66. The first-order valence-electron chi connectivity index (χ1n) is 7.66. The van der Waals surface area contributed by atoms with Gasteiger partial charge in [-0.3, -0.25) is 0 Å². The molecule has 0 saturated heterocycles. The molecular weight excluding hydrogens is 291 g/mol. The number of hydrogen-bond acceptors (Lipinski definition) is 3. The predicted molar refractivity (Wildman–Crippen MR) is 91.4 cm³/mol. The van der Waals surface area contributed by atoms with Crippen LogP contribution < -0.4 is 5.32 Å². The maximum absolute atomic E-state index is 13.2. The number of halogens is 1. The summed E-state index contributed by atoms with van der Waals surface area (Å²) in [5.74, 6) is 0.638. The maximum atomic E-state index is 13.2. The number of benzene rings is 1. The molecule has 0 atom stereocenters. The fraction of sp³-hybridized carbons (Fsp3) is 0.333. The third kappa shape index (κ3) is 2.67. The van der Waals surface area contributed by atoms with Gasteiger partial charge in [-0.1, -0.05) is 32.9 Å². The highest BCUT2D eigenvalue weighted by atomic mass is 19.1. The van der Waals surface area contributed by atoms with Gasteiger partial charge in [0.25, 0.3) is 0 Å². The highest BCUT2D eigenvalue weighted by molar-refractivity contribution is 5.81. The summed E-state index contributed by atoms with van der Waals surface area (Å²) in [6, 6.07) is 8.48. The second-order valence-electron chi connectivity index (χ2n) is 6.73. The van der Waals surface area contributed by atoms with Crippen LogP contribution in [0.1, 0.15) is 32.2 Å². The zero-order chi connectivity index (χ0) is 16.8. The van der Waals surface area contributed by atoms with Gasteiger partial charge in [0.2, 0.25) is 0 Å². The summed E-state index contributed by atoms with van der Waals surface area (Å²) in [5, 5.41) is 7.79. The Kier molecular flexibility index (Phi) is 3.59. The van der Waals surface area contributed by atoms with Crippen LogP contribution >= 0.6 is 0 Å². The monoisotopic (exact) mass is 312 g/mol. The van der Waals surface area contributed by atoms with Gasteiger partial charge in [0.1, 0.15) is 11.6 Å². The molecule has 3 aromatic rings. The average Bonchev–Trinajstić information content (AvgIpc) is 2.82. The van der Waals surface area contributed by atoms with Crippen molar-refractivity contribution in [1.82, 2.24) is 14.6 Å². The van der Waals surface area contributed by atoms with Crippen molar-refractivity contribution in [3.05, 3.63) is 47.5 Å². The molecule has 23 heavy (non-hydrogen) atoms. The van der Waals surface area contributed by atoms with E-state index in [2.05, 4.69) is 31.2 Å². The molecule has 2 aromatic heterocycles. The molecule has 1 aromatic carbocycles. The summed E-state index contributed by atoms with van der Waals surface area (Å²) < 4.78 is 15.0. The van der Waals surface area contributed by atoms with Crippen LogP contribution in [0.3, 0.4) is 0 Å². The number of fused-ring (bicyclic) bond motifs is 1. The summed E-state index contributed by atoms with van der Waals surface area (Å²) >= 11 is 0. The number of aryl methyl sites for hydroxylation is 1. The molecule has 0 radical (unpaired) electrons. The predicted octanol–water partition coefficient (Wildman–Crippen LogP) is 4.18. The normalized spacial score (nSPS) is 11.9. The number of nitrogens with zero attached hydrogens (tertiary/aromatic N) is 3. The zero-order valence-electron chi connectivity index (χ0n) is 14.1. The third-order valence-corrected chi connectivity index (χ3v) is 3.92. The van der Waals surface area contributed by atoms with Gasteiger partial charge in [-0.15, -0.1) is 0 Å². The van der Waals surface area contributed by atoms with E-state index < -0.39 is 0 Å². The van der Waals surface area contributed by atoms with Crippen LogP contribution in [0.2, 0.25) is 0 Å². The summed E-state index contributed by atoms with van der Waals surface area (Å²) in [6.45, 7) is 8.34. The van der Waals surface area contributed by atoms with Crippen LogP contribution in [0.25, 0.3) is 16.8 Å². The molecule has 4 nitrogen and oxygen atoms in total. The molecule has 0 aliphatic rings. The summed E-state index contributed by atoms with van der Waals surface area (Å²) in [5.41, 5.74) is 4.41. The van der Waals surface area contributed by atoms with E-state index >= 15 is 0 Å². The summed E-state index contributed by atoms with van der Waals surface area (Å²) in [6.07, 6.45) is 0. The molecule has 0 aliphatic heterocycles. The van der Waals surface area contributed by atoms with Crippen LogP contribution in [0.5, 0.6) is 0 Å². The summed E-state index contributed by atoms with van der Waals surface area (Å²) in [7, 11) is 1.87. The Morgan fingerprint density at radius 1 is 1.13 bits per heavy atom. The molecule has 0 aliphatic carbocycles. The van der Waals surface area contributed by atoms with Crippen molar-refractivity contribution in [2.24, 2.45) is 0 Å². The van der Waals surface area contributed by atoms with Crippen LogP contribution in [0, 0.1) is 12.7 Å². The molecule has 0 bridgehead atoms. The second kappa shape index (κ2) is 5.33. The lowest BCUT2D eigenvalue weighted by atomic mass is 9.92. The van der Waals surface area contributed by atoms with E-state index in [4.69, 9.17) is 4.98 Å². The number of anilines is 1. The van der Waals surface area contributed by atoms with E-state index in [1.807, 2.05) is 24.6 Å². The van der Waals surface area contributed by atoms with Gasteiger partial charge in [-0.25, -0.2) is 9.37 Å². The van der Waals surface area contributed by atoms with E-state index in [1.54, 1.807) is 12.1 Å². The van der Waals surface area contributed by atoms with Crippen LogP contribution in [-0.2, 0) is 5.41 Å². The van der Waals surface area contributed by atoms with Gasteiger partial charge in [0.05, 0.1) is 11.4 Å². The van der Waals surface area contributed by atoms with Gasteiger partial charge < -0.3 is 5.32 Å². The van der Waals surface area contributed by atoms with Crippen LogP contribution in [-0.4, -0.2) is 21.6 Å². The molecule has 0 fully saturated rings. The largest absolute Gasteiger partial charge is 0.373 e. The fourth-order valence-electron chi connectivity index (χ4n) is 2.64. The van der Waals surface area contributed by atoms with E-state index in [0.29, 0.717) is 0 Å².